The number of rotatable bonds is 5. The Labute approximate surface area is 151 Å². The number of amides is 1. The molecule has 8 nitrogen and oxygen atoms in total. The molecule has 1 aromatic carbocycles. The number of nitrogens with one attached hydrogen (secondary N) is 2. The highest BCUT2D eigenvalue weighted by atomic mass is 16.4. The predicted octanol–water partition coefficient (Wildman–Crippen LogP) is 1.48. The van der Waals surface area contributed by atoms with Gasteiger partial charge in [-0.05, 0) is 49.4 Å². The second kappa shape index (κ2) is 8.01. The van der Waals surface area contributed by atoms with Crippen LogP contribution in [0.25, 0.3) is 5.69 Å². The molecule has 1 aliphatic carbocycles. The van der Waals surface area contributed by atoms with Crippen molar-refractivity contribution in [1.29, 1.82) is 0 Å². The fourth-order valence-electron chi connectivity index (χ4n) is 3.27. The number of nitrogen functional groups attached to an aromatic ring is 1. The lowest BCUT2D eigenvalue weighted by molar-refractivity contribution is 0.183. The molecule has 1 heterocycles. The Morgan fingerprint density at radius 3 is 2.42 bits per heavy atom. The van der Waals surface area contributed by atoms with Crippen molar-refractivity contribution in [2.45, 2.75) is 44.3 Å². The summed E-state index contributed by atoms with van der Waals surface area (Å²) in [6.07, 6.45) is 4.29. The molecule has 2 aromatic rings. The number of carbonyl (C=O) groups is 1. The third-order valence-corrected chi connectivity index (χ3v) is 4.69. The summed E-state index contributed by atoms with van der Waals surface area (Å²) in [5.41, 5.74) is 6.97. The Balaban J connectivity index is 1.52. The zero-order chi connectivity index (χ0) is 18.5. The van der Waals surface area contributed by atoms with Gasteiger partial charge < -0.3 is 21.5 Å². The van der Waals surface area contributed by atoms with Crippen molar-refractivity contribution in [3.8, 4) is 5.69 Å². The molecule has 0 radical (unpaired) electrons. The number of aromatic nitrogens is 2. The molecule has 0 unspecified atom stereocenters. The average Bonchev–Trinajstić information content (AvgIpc) is 2.61. The van der Waals surface area contributed by atoms with Crippen LogP contribution in [0.5, 0.6) is 0 Å². The number of hydrogen-bond acceptors (Lipinski definition) is 5. The smallest absolute Gasteiger partial charge is 0.404 e. The zero-order valence-electron chi connectivity index (χ0n) is 14.4. The molecule has 5 N–H and O–H groups in total. The summed E-state index contributed by atoms with van der Waals surface area (Å²) in [6, 6.07) is 9.76. The third kappa shape index (κ3) is 4.60. The van der Waals surface area contributed by atoms with Crippen LogP contribution in [0.2, 0.25) is 0 Å². The van der Waals surface area contributed by atoms with Gasteiger partial charge in [-0.1, -0.05) is 12.1 Å². The van der Waals surface area contributed by atoms with Crippen LogP contribution in [0.1, 0.15) is 31.2 Å². The Hall–Kier alpha value is -2.87. The lowest BCUT2D eigenvalue weighted by Gasteiger charge is -2.29. The highest BCUT2D eigenvalue weighted by molar-refractivity contribution is 5.64. The summed E-state index contributed by atoms with van der Waals surface area (Å²) in [6.45, 7) is 0.733. The summed E-state index contributed by atoms with van der Waals surface area (Å²) >= 11 is 0. The van der Waals surface area contributed by atoms with Gasteiger partial charge in [-0.2, -0.15) is 4.98 Å². The molecule has 1 aromatic heterocycles. The Morgan fingerprint density at radius 1 is 1.15 bits per heavy atom. The minimum Gasteiger partial charge on any atom is -0.465 e. The van der Waals surface area contributed by atoms with Crippen LogP contribution in [-0.4, -0.2) is 32.8 Å². The number of benzene rings is 1. The van der Waals surface area contributed by atoms with Crippen LogP contribution >= 0.6 is 0 Å². The third-order valence-electron chi connectivity index (χ3n) is 4.69. The van der Waals surface area contributed by atoms with Gasteiger partial charge in [0.2, 0.25) is 0 Å². The van der Waals surface area contributed by atoms with Gasteiger partial charge in [0.25, 0.3) is 0 Å². The summed E-state index contributed by atoms with van der Waals surface area (Å²) in [4.78, 5) is 26.3. The van der Waals surface area contributed by atoms with Crippen molar-refractivity contribution in [2.75, 3.05) is 5.73 Å². The average molecular weight is 357 g/mol. The van der Waals surface area contributed by atoms with E-state index >= 15 is 0 Å². The van der Waals surface area contributed by atoms with E-state index in [9.17, 15) is 9.59 Å². The van der Waals surface area contributed by atoms with Gasteiger partial charge in [0.15, 0.2) is 0 Å². The SMILES string of the molecule is Nc1ccn(-c2ccc(CNC3CCC(NC(=O)O)CC3)cc2)c(=O)n1. The number of hydrogen-bond donors (Lipinski definition) is 4. The molecule has 138 valence electrons. The fourth-order valence-corrected chi connectivity index (χ4v) is 3.27. The minimum absolute atomic E-state index is 0.0664. The topological polar surface area (TPSA) is 122 Å². The molecule has 1 amide bonds. The fraction of sp³-hybridized carbons (Fsp3) is 0.389. The molecule has 8 heteroatoms. The van der Waals surface area contributed by atoms with Crippen LogP contribution in [0.3, 0.4) is 0 Å². The van der Waals surface area contributed by atoms with Crippen LogP contribution in [0.4, 0.5) is 10.6 Å². The standard InChI is InChI=1S/C18H23N5O3/c19-16-9-10-23(17(24)22-16)15-7-1-12(2-8-15)11-20-13-3-5-14(6-4-13)21-18(25)26/h1-2,7-10,13-14,20-21H,3-6,11H2,(H,25,26)(H2,19,22,24). The van der Waals surface area contributed by atoms with Crippen LogP contribution in [0, 0.1) is 0 Å². The van der Waals surface area contributed by atoms with Crippen molar-refractivity contribution in [3.63, 3.8) is 0 Å². The van der Waals surface area contributed by atoms with E-state index in [2.05, 4.69) is 15.6 Å². The highest BCUT2D eigenvalue weighted by Crippen LogP contribution is 2.19. The molecular weight excluding hydrogens is 334 g/mol. The Morgan fingerprint density at radius 2 is 1.81 bits per heavy atom. The molecule has 26 heavy (non-hydrogen) atoms. The predicted molar refractivity (Wildman–Crippen MR) is 98.3 cm³/mol. The van der Waals surface area contributed by atoms with Crippen molar-refractivity contribution in [2.24, 2.45) is 0 Å². The van der Waals surface area contributed by atoms with Gasteiger partial charge in [0, 0.05) is 24.8 Å². The maximum Gasteiger partial charge on any atom is 0.404 e. The lowest BCUT2D eigenvalue weighted by atomic mass is 9.91. The second-order valence-corrected chi connectivity index (χ2v) is 6.55. The van der Waals surface area contributed by atoms with Gasteiger partial charge in [-0.25, -0.2) is 9.59 Å². The zero-order valence-corrected chi connectivity index (χ0v) is 14.4. The Kier molecular flexibility index (Phi) is 5.52. The van der Waals surface area contributed by atoms with Crippen LogP contribution < -0.4 is 22.1 Å². The van der Waals surface area contributed by atoms with E-state index in [0.29, 0.717) is 6.04 Å². The molecule has 3 rings (SSSR count). The molecule has 1 fully saturated rings. The normalized spacial score (nSPS) is 19.8. The maximum atomic E-state index is 11.9. The molecule has 0 aliphatic heterocycles. The summed E-state index contributed by atoms with van der Waals surface area (Å²) in [5, 5.41) is 14.8. The van der Waals surface area contributed by atoms with Gasteiger partial charge in [-0.15, -0.1) is 0 Å². The van der Waals surface area contributed by atoms with Crippen molar-refractivity contribution >= 4 is 11.9 Å². The number of carboxylic acid groups (broad SMARTS) is 1. The number of anilines is 1. The van der Waals surface area contributed by atoms with Crippen LogP contribution in [0.15, 0.2) is 41.3 Å². The monoisotopic (exact) mass is 357 g/mol. The van der Waals surface area contributed by atoms with E-state index in [1.807, 2.05) is 24.3 Å². The minimum atomic E-state index is -0.947. The van der Waals surface area contributed by atoms with Crippen molar-refractivity contribution < 1.29 is 9.90 Å². The first kappa shape index (κ1) is 17.9. The van der Waals surface area contributed by atoms with Gasteiger partial charge in [-0.3, -0.25) is 4.57 Å². The summed E-state index contributed by atoms with van der Waals surface area (Å²) < 4.78 is 1.45. The van der Waals surface area contributed by atoms with E-state index in [1.165, 1.54) is 4.57 Å². The first-order valence-electron chi connectivity index (χ1n) is 8.68. The van der Waals surface area contributed by atoms with Gasteiger partial charge in [0.1, 0.15) is 5.82 Å². The number of nitrogens with two attached hydrogens (primary N) is 1. The first-order chi connectivity index (χ1) is 12.5. The lowest BCUT2D eigenvalue weighted by Crippen LogP contribution is -2.41. The van der Waals surface area contributed by atoms with Gasteiger partial charge in [0.05, 0.1) is 5.69 Å². The molecule has 0 bridgehead atoms. The first-order valence-corrected chi connectivity index (χ1v) is 8.68. The summed E-state index contributed by atoms with van der Waals surface area (Å²) in [5.74, 6) is 0.209. The molecule has 1 aliphatic rings. The highest BCUT2D eigenvalue weighted by Gasteiger charge is 2.21. The molecule has 1 saturated carbocycles. The van der Waals surface area contributed by atoms with Crippen LogP contribution in [-0.2, 0) is 6.54 Å². The van der Waals surface area contributed by atoms with E-state index < -0.39 is 11.8 Å². The maximum absolute atomic E-state index is 11.9. The van der Waals surface area contributed by atoms with E-state index in [0.717, 1.165) is 43.5 Å². The van der Waals surface area contributed by atoms with E-state index in [-0.39, 0.29) is 11.9 Å². The largest absolute Gasteiger partial charge is 0.465 e. The molecule has 0 atom stereocenters. The Bertz CT molecular complexity index is 810. The van der Waals surface area contributed by atoms with Gasteiger partial charge >= 0.3 is 11.8 Å². The second-order valence-electron chi connectivity index (χ2n) is 6.55. The van der Waals surface area contributed by atoms with E-state index in [1.54, 1.807) is 12.3 Å². The number of nitrogens with zero attached hydrogens (tertiary/aromatic N) is 2. The molecule has 0 spiro atoms. The quantitative estimate of drug-likeness (QED) is 0.643. The van der Waals surface area contributed by atoms with Crippen molar-refractivity contribution in [1.82, 2.24) is 20.2 Å². The van der Waals surface area contributed by atoms with E-state index in [4.69, 9.17) is 10.8 Å². The molecular formula is C18H23N5O3. The van der Waals surface area contributed by atoms with Crippen molar-refractivity contribution in [3.05, 3.63) is 52.6 Å². The summed E-state index contributed by atoms with van der Waals surface area (Å²) in [7, 11) is 0. The molecule has 0 saturated heterocycles.